The first-order chi connectivity index (χ1) is 17.3. The van der Waals surface area contributed by atoms with Gasteiger partial charge in [-0.05, 0) is 47.9 Å². The van der Waals surface area contributed by atoms with E-state index in [4.69, 9.17) is 5.73 Å². The highest BCUT2D eigenvalue weighted by atomic mass is 16.2. The molecule has 6 rings (SSSR count). The molecule has 0 unspecified atom stereocenters. The summed E-state index contributed by atoms with van der Waals surface area (Å²) >= 11 is 0. The van der Waals surface area contributed by atoms with Crippen molar-refractivity contribution >= 4 is 40.2 Å². The fourth-order valence-corrected chi connectivity index (χ4v) is 4.72. The van der Waals surface area contributed by atoms with Crippen LogP contribution < -0.4 is 11.1 Å². The first kappa shape index (κ1) is 21.9. The van der Waals surface area contributed by atoms with Crippen LogP contribution in [0.5, 0.6) is 0 Å². The van der Waals surface area contributed by atoms with Gasteiger partial charge in [0, 0.05) is 55.1 Å². The minimum Gasteiger partial charge on any atom is -0.383 e. The number of fused-ring (bicyclic) bond motifs is 2. The van der Waals surface area contributed by atoms with E-state index in [1.54, 1.807) is 28.3 Å². The van der Waals surface area contributed by atoms with Crippen LogP contribution in [-0.2, 0) is 11.8 Å². The van der Waals surface area contributed by atoms with Gasteiger partial charge in [-0.2, -0.15) is 10.2 Å². The van der Waals surface area contributed by atoms with Crippen molar-refractivity contribution in [3.05, 3.63) is 65.9 Å². The van der Waals surface area contributed by atoms with Crippen LogP contribution in [0.4, 0.5) is 11.6 Å². The van der Waals surface area contributed by atoms with E-state index in [2.05, 4.69) is 37.0 Å². The number of carbonyl (C=O) groups excluding carboxylic acids is 1. The fourth-order valence-electron chi connectivity index (χ4n) is 4.72. The maximum absolute atomic E-state index is 12.8. The van der Waals surface area contributed by atoms with Gasteiger partial charge in [0.25, 0.3) is 0 Å². The summed E-state index contributed by atoms with van der Waals surface area (Å²) in [7, 11) is 3.71. The Labute approximate surface area is 207 Å². The van der Waals surface area contributed by atoms with Gasteiger partial charge >= 0.3 is 0 Å². The molecule has 1 saturated carbocycles. The molecule has 1 aliphatic carbocycles. The molecule has 0 spiro atoms. The van der Waals surface area contributed by atoms with Gasteiger partial charge in [-0.1, -0.05) is 6.58 Å². The third-order valence-electron chi connectivity index (χ3n) is 6.96. The Kier molecular flexibility index (Phi) is 4.85. The van der Waals surface area contributed by atoms with Crippen molar-refractivity contribution in [1.82, 2.24) is 29.7 Å². The molecule has 10 nitrogen and oxygen atoms in total. The lowest BCUT2D eigenvalue weighted by Gasteiger charge is -2.23. The molecule has 36 heavy (non-hydrogen) atoms. The Hall–Kier alpha value is -4.60. The van der Waals surface area contributed by atoms with E-state index >= 15 is 0 Å². The number of anilines is 2. The topological polar surface area (TPSA) is 127 Å². The summed E-state index contributed by atoms with van der Waals surface area (Å²) in [5, 5.41) is 14.8. The SMILES string of the molecule is C=C1c2ncc(-c3cc4cc(NC(=O)[C@@H]5C[C@H]5c5cnn(C)c5)ncc4c(N)n3)c(C)c2C=NN1C. The predicted molar refractivity (Wildman–Crippen MR) is 139 cm³/mol. The van der Waals surface area contributed by atoms with Crippen LogP contribution in [0.3, 0.4) is 0 Å². The Morgan fingerprint density at radius 1 is 1.19 bits per heavy atom. The van der Waals surface area contributed by atoms with Gasteiger partial charge in [-0.25, -0.2) is 9.97 Å². The summed E-state index contributed by atoms with van der Waals surface area (Å²) < 4.78 is 1.75. The lowest BCUT2D eigenvalue weighted by molar-refractivity contribution is -0.117. The quantitative estimate of drug-likeness (QED) is 0.460. The van der Waals surface area contributed by atoms with E-state index in [9.17, 15) is 4.79 Å². The first-order valence-electron chi connectivity index (χ1n) is 11.6. The van der Waals surface area contributed by atoms with Crippen LogP contribution in [0.25, 0.3) is 27.7 Å². The number of aromatic nitrogens is 5. The second-order valence-electron chi connectivity index (χ2n) is 9.34. The normalized spacial score (nSPS) is 18.4. The third kappa shape index (κ3) is 3.58. The zero-order valence-corrected chi connectivity index (χ0v) is 20.2. The number of rotatable bonds is 4. The van der Waals surface area contributed by atoms with Crippen molar-refractivity contribution in [2.24, 2.45) is 18.1 Å². The van der Waals surface area contributed by atoms with Crippen molar-refractivity contribution in [3.63, 3.8) is 0 Å². The molecule has 1 aliphatic heterocycles. The molecule has 0 radical (unpaired) electrons. The van der Waals surface area contributed by atoms with E-state index in [-0.39, 0.29) is 17.7 Å². The number of nitrogens with zero attached hydrogens (tertiary/aromatic N) is 7. The summed E-state index contributed by atoms with van der Waals surface area (Å²) in [4.78, 5) is 26.5. The summed E-state index contributed by atoms with van der Waals surface area (Å²) in [6.45, 7) is 6.09. The molecule has 3 N–H and O–H groups in total. The van der Waals surface area contributed by atoms with Crippen molar-refractivity contribution in [2.45, 2.75) is 19.3 Å². The molecule has 180 valence electrons. The average Bonchev–Trinajstić information content (AvgIpc) is 3.54. The number of aryl methyl sites for hydroxylation is 1. The standard InChI is InChI=1S/C26H25N9O/c1-13-19(9-29-24-14(2)35(4)31-11-20(13)24)22-5-15-6-23(28-10-21(15)25(27)32-22)33-26(36)18-7-17(18)16-8-30-34(3)12-16/h5-6,8-12,17-18H,2,7H2,1,3-4H3,(H2,27,32)(H,28,33,36)/t17-,18+/m0/s1. The number of carbonyl (C=O) groups is 1. The van der Waals surface area contributed by atoms with Crippen molar-refractivity contribution in [3.8, 4) is 11.3 Å². The van der Waals surface area contributed by atoms with E-state index < -0.39 is 0 Å². The zero-order chi connectivity index (χ0) is 25.1. The molecule has 1 amide bonds. The molecule has 2 aliphatic rings. The largest absolute Gasteiger partial charge is 0.383 e. The van der Waals surface area contributed by atoms with Gasteiger partial charge in [0.1, 0.15) is 11.6 Å². The minimum atomic E-state index is -0.0792. The lowest BCUT2D eigenvalue weighted by atomic mass is 9.98. The number of hydrogen-bond acceptors (Lipinski definition) is 8. The summed E-state index contributed by atoms with van der Waals surface area (Å²) in [5.41, 5.74) is 12.4. The third-order valence-corrected chi connectivity index (χ3v) is 6.96. The minimum absolute atomic E-state index is 0.0443. The molecule has 4 aromatic heterocycles. The maximum Gasteiger partial charge on any atom is 0.229 e. The van der Waals surface area contributed by atoms with Crippen molar-refractivity contribution < 1.29 is 4.79 Å². The van der Waals surface area contributed by atoms with E-state index in [0.717, 1.165) is 50.8 Å². The molecule has 0 aromatic carbocycles. The molecule has 10 heteroatoms. The molecule has 1 fully saturated rings. The first-order valence-corrected chi connectivity index (χ1v) is 11.6. The Morgan fingerprint density at radius 2 is 2.03 bits per heavy atom. The van der Waals surface area contributed by atoms with Crippen LogP contribution >= 0.6 is 0 Å². The smallest absolute Gasteiger partial charge is 0.229 e. The van der Waals surface area contributed by atoms with Crippen LogP contribution in [-0.4, -0.2) is 48.9 Å². The van der Waals surface area contributed by atoms with Gasteiger partial charge in [0.15, 0.2) is 0 Å². The summed E-state index contributed by atoms with van der Waals surface area (Å²) in [6, 6.07) is 3.77. The van der Waals surface area contributed by atoms with Crippen LogP contribution in [0.2, 0.25) is 0 Å². The maximum atomic E-state index is 12.8. The Bertz CT molecular complexity index is 1600. The number of nitrogens with one attached hydrogen (secondary N) is 1. The molecular weight excluding hydrogens is 454 g/mol. The van der Waals surface area contributed by atoms with E-state index in [1.165, 1.54) is 0 Å². The molecule has 0 saturated heterocycles. The van der Waals surface area contributed by atoms with Gasteiger partial charge < -0.3 is 11.1 Å². The highest BCUT2D eigenvalue weighted by Crippen LogP contribution is 2.47. The highest BCUT2D eigenvalue weighted by molar-refractivity contribution is 5.99. The average molecular weight is 480 g/mol. The van der Waals surface area contributed by atoms with Crippen LogP contribution in [0.15, 0.2) is 48.6 Å². The van der Waals surface area contributed by atoms with Gasteiger partial charge in [-0.15, -0.1) is 0 Å². The number of hydrazone groups is 1. The number of pyridine rings is 3. The molecule has 0 bridgehead atoms. The molecule has 4 aromatic rings. The Balaban J connectivity index is 1.30. The van der Waals surface area contributed by atoms with Crippen LogP contribution in [0.1, 0.15) is 34.7 Å². The lowest BCUT2D eigenvalue weighted by Crippen LogP contribution is -2.18. The number of nitrogens with two attached hydrogens (primary N) is 1. The second kappa shape index (κ2) is 7.98. The van der Waals surface area contributed by atoms with Crippen molar-refractivity contribution in [2.75, 3.05) is 18.1 Å². The van der Waals surface area contributed by atoms with E-state index in [1.807, 2.05) is 45.5 Å². The van der Waals surface area contributed by atoms with Gasteiger partial charge in [-0.3, -0.25) is 19.5 Å². The highest BCUT2D eigenvalue weighted by Gasteiger charge is 2.44. The van der Waals surface area contributed by atoms with Crippen LogP contribution in [0, 0.1) is 12.8 Å². The molecular formula is C26H25N9O. The van der Waals surface area contributed by atoms with E-state index in [0.29, 0.717) is 17.3 Å². The van der Waals surface area contributed by atoms with Gasteiger partial charge in [0.2, 0.25) is 5.91 Å². The van der Waals surface area contributed by atoms with Crippen molar-refractivity contribution in [1.29, 1.82) is 0 Å². The summed E-state index contributed by atoms with van der Waals surface area (Å²) in [5.74, 6) is 0.917. The predicted octanol–water partition coefficient (Wildman–Crippen LogP) is 3.31. The fraction of sp³-hybridized carbons (Fsp3) is 0.231. The number of nitrogen functional groups attached to an aromatic ring is 1. The monoisotopic (exact) mass is 479 g/mol. The molecule has 2 atom stereocenters. The molecule has 5 heterocycles. The second-order valence-corrected chi connectivity index (χ2v) is 9.34. The van der Waals surface area contributed by atoms with Gasteiger partial charge in [0.05, 0.1) is 29.5 Å². The Morgan fingerprint density at radius 3 is 2.81 bits per heavy atom. The zero-order valence-electron chi connectivity index (χ0n) is 20.2. The summed E-state index contributed by atoms with van der Waals surface area (Å²) in [6.07, 6.45) is 9.81. The number of amides is 1. The number of hydrogen-bond donors (Lipinski definition) is 2.